The van der Waals surface area contributed by atoms with E-state index in [1.54, 1.807) is 17.6 Å². The lowest BCUT2D eigenvalue weighted by molar-refractivity contribution is 0.408. The van der Waals surface area contributed by atoms with Gasteiger partial charge >= 0.3 is 6.01 Å². The minimum Gasteiger partial charge on any atom is -0.424 e. The van der Waals surface area contributed by atoms with Gasteiger partial charge < -0.3 is 9.72 Å². The predicted octanol–water partition coefficient (Wildman–Crippen LogP) is 3.89. The van der Waals surface area contributed by atoms with Crippen LogP contribution >= 0.6 is 0 Å². The molecule has 0 aliphatic rings. The minimum atomic E-state index is -4.20. The van der Waals surface area contributed by atoms with E-state index in [1.807, 2.05) is 31.3 Å². The van der Waals surface area contributed by atoms with Crippen LogP contribution in [0.2, 0.25) is 0 Å². The van der Waals surface area contributed by atoms with Gasteiger partial charge in [0.05, 0.1) is 10.9 Å². The fourth-order valence-electron chi connectivity index (χ4n) is 3.23. The van der Waals surface area contributed by atoms with Crippen LogP contribution in [-0.4, -0.2) is 28.2 Å². The summed E-state index contributed by atoms with van der Waals surface area (Å²) in [7, 11) is -4.20. The predicted molar refractivity (Wildman–Crippen MR) is 109 cm³/mol. The molecule has 0 aliphatic carbocycles. The monoisotopic (exact) mass is 447 g/mol. The van der Waals surface area contributed by atoms with Gasteiger partial charge in [0.1, 0.15) is 17.4 Å². The van der Waals surface area contributed by atoms with E-state index in [4.69, 9.17) is 4.74 Å². The van der Waals surface area contributed by atoms with Crippen molar-refractivity contribution in [3.05, 3.63) is 66.1 Å². The van der Waals surface area contributed by atoms with Crippen molar-refractivity contribution in [1.29, 1.82) is 0 Å². The molecule has 2 aromatic carbocycles. The molecule has 0 aliphatic heterocycles. The highest BCUT2D eigenvalue weighted by atomic mass is 32.2. The maximum Gasteiger partial charge on any atom is 0.322 e. The summed E-state index contributed by atoms with van der Waals surface area (Å²) in [6, 6.07) is 8.86. The lowest BCUT2D eigenvalue weighted by Gasteiger charge is -2.15. The van der Waals surface area contributed by atoms with E-state index in [1.165, 1.54) is 0 Å². The molecule has 0 bridgehead atoms. The Hall–Kier alpha value is -3.31. The first-order chi connectivity index (χ1) is 14.8. The number of hydrogen-bond donors (Lipinski definition) is 2. The standard InChI is InChI=1S/C20H19F2N5O3S/c1-3-27-19(12(2)26-31(28,29)17-9-14(21)8-15(22)10-17)24-25-20(27)30-16-5-4-13-6-7-23-18(13)11-16/h4-12,23,26H,3H2,1-2H3/t12-/m1/s1. The smallest absolute Gasteiger partial charge is 0.322 e. The van der Waals surface area contributed by atoms with Crippen molar-refractivity contribution >= 4 is 20.9 Å². The molecule has 4 aromatic rings. The molecule has 0 saturated heterocycles. The molecule has 0 saturated carbocycles. The van der Waals surface area contributed by atoms with E-state index in [0.29, 0.717) is 24.2 Å². The number of aromatic nitrogens is 4. The molecule has 0 unspecified atom stereocenters. The van der Waals surface area contributed by atoms with Crippen LogP contribution in [0.3, 0.4) is 0 Å². The van der Waals surface area contributed by atoms with Crippen LogP contribution in [0.25, 0.3) is 10.9 Å². The van der Waals surface area contributed by atoms with Gasteiger partial charge in [-0.25, -0.2) is 21.9 Å². The molecule has 0 fully saturated rings. The molecular weight excluding hydrogens is 428 g/mol. The van der Waals surface area contributed by atoms with E-state index < -0.39 is 32.6 Å². The SMILES string of the molecule is CCn1c(Oc2ccc3cc[nH]c3c2)nnc1[C@@H](C)NS(=O)(=O)c1cc(F)cc(F)c1. The van der Waals surface area contributed by atoms with Crippen LogP contribution in [0.4, 0.5) is 8.78 Å². The number of fused-ring (bicyclic) bond motifs is 1. The number of nitrogens with zero attached hydrogens (tertiary/aromatic N) is 3. The van der Waals surface area contributed by atoms with Crippen LogP contribution < -0.4 is 9.46 Å². The largest absolute Gasteiger partial charge is 0.424 e. The highest BCUT2D eigenvalue weighted by Gasteiger charge is 2.25. The van der Waals surface area contributed by atoms with E-state index in [2.05, 4.69) is 19.9 Å². The number of ether oxygens (including phenoxy) is 1. The molecule has 0 amide bonds. The molecule has 0 spiro atoms. The topological polar surface area (TPSA) is 102 Å². The molecule has 2 aromatic heterocycles. The van der Waals surface area contributed by atoms with E-state index in [-0.39, 0.29) is 6.01 Å². The molecule has 4 rings (SSSR count). The quantitative estimate of drug-likeness (QED) is 0.448. The summed E-state index contributed by atoms with van der Waals surface area (Å²) in [5.74, 6) is -1.15. The van der Waals surface area contributed by atoms with Gasteiger partial charge in [0.15, 0.2) is 5.82 Å². The van der Waals surface area contributed by atoms with Crippen molar-refractivity contribution < 1.29 is 21.9 Å². The van der Waals surface area contributed by atoms with Crippen LogP contribution in [0.1, 0.15) is 25.7 Å². The van der Waals surface area contributed by atoms with Crippen molar-refractivity contribution in [2.45, 2.75) is 31.3 Å². The fourth-order valence-corrected chi connectivity index (χ4v) is 4.47. The van der Waals surface area contributed by atoms with Gasteiger partial charge in [-0.3, -0.25) is 4.57 Å². The van der Waals surface area contributed by atoms with Gasteiger partial charge in [0.25, 0.3) is 0 Å². The first-order valence-corrected chi connectivity index (χ1v) is 10.9. The third-order valence-corrected chi connectivity index (χ3v) is 6.18. The molecule has 11 heteroatoms. The summed E-state index contributed by atoms with van der Waals surface area (Å²) in [6.45, 7) is 3.79. The Morgan fingerprint density at radius 1 is 1.13 bits per heavy atom. The second kappa shape index (κ2) is 8.08. The number of aromatic amines is 1. The van der Waals surface area contributed by atoms with Crippen LogP contribution in [0.15, 0.2) is 53.6 Å². The number of nitrogens with one attached hydrogen (secondary N) is 2. The minimum absolute atomic E-state index is 0.186. The summed E-state index contributed by atoms with van der Waals surface area (Å²) < 4.78 is 61.9. The number of halogens is 2. The Morgan fingerprint density at radius 2 is 1.87 bits per heavy atom. The highest BCUT2D eigenvalue weighted by molar-refractivity contribution is 7.89. The summed E-state index contributed by atoms with van der Waals surface area (Å²) >= 11 is 0. The van der Waals surface area contributed by atoms with Crippen molar-refractivity contribution in [1.82, 2.24) is 24.5 Å². The molecule has 31 heavy (non-hydrogen) atoms. The van der Waals surface area contributed by atoms with Gasteiger partial charge in [-0.1, -0.05) is 5.10 Å². The third kappa shape index (κ3) is 4.28. The highest BCUT2D eigenvalue weighted by Crippen LogP contribution is 2.26. The zero-order valence-corrected chi connectivity index (χ0v) is 17.5. The fraction of sp³-hybridized carbons (Fsp3) is 0.200. The third-order valence-electron chi connectivity index (χ3n) is 4.66. The molecule has 162 valence electrons. The summed E-state index contributed by atoms with van der Waals surface area (Å²) in [5.41, 5.74) is 0.892. The van der Waals surface area contributed by atoms with E-state index in [0.717, 1.165) is 23.0 Å². The number of rotatable bonds is 7. The zero-order chi connectivity index (χ0) is 22.2. The molecule has 2 N–H and O–H groups in total. The maximum absolute atomic E-state index is 13.4. The zero-order valence-electron chi connectivity index (χ0n) is 16.6. The molecular formula is C20H19F2N5O3S. The van der Waals surface area contributed by atoms with E-state index >= 15 is 0 Å². The Bertz CT molecular complexity index is 1330. The second-order valence-electron chi connectivity index (χ2n) is 6.86. The average Bonchev–Trinajstić information content (AvgIpc) is 3.33. The molecule has 2 heterocycles. The molecule has 1 atom stereocenters. The lowest BCUT2D eigenvalue weighted by Crippen LogP contribution is -2.29. The van der Waals surface area contributed by atoms with Crippen LogP contribution in [0, 0.1) is 11.6 Å². The van der Waals surface area contributed by atoms with Gasteiger partial charge in [-0.2, -0.15) is 0 Å². The average molecular weight is 447 g/mol. The lowest BCUT2D eigenvalue weighted by atomic mass is 10.2. The number of sulfonamides is 1. The van der Waals surface area contributed by atoms with Gasteiger partial charge in [0.2, 0.25) is 10.0 Å². The Kier molecular flexibility index (Phi) is 5.46. The van der Waals surface area contributed by atoms with Crippen LogP contribution in [0.5, 0.6) is 11.8 Å². The number of hydrogen-bond acceptors (Lipinski definition) is 5. The Morgan fingerprint density at radius 3 is 2.58 bits per heavy atom. The second-order valence-corrected chi connectivity index (χ2v) is 8.58. The van der Waals surface area contributed by atoms with E-state index in [9.17, 15) is 17.2 Å². The van der Waals surface area contributed by atoms with Gasteiger partial charge in [-0.05, 0) is 49.6 Å². The van der Waals surface area contributed by atoms with Crippen molar-refractivity contribution in [3.8, 4) is 11.8 Å². The van der Waals surface area contributed by atoms with Crippen molar-refractivity contribution in [2.75, 3.05) is 0 Å². The molecule has 8 nitrogen and oxygen atoms in total. The van der Waals surface area contributed by atoms with Crippen LogP contribution in [-0.2, 0) is 16.6 Å². The Labute approximate surface area is 176 Å². The summed E-state index contributed by atoms with van der Waals surface area (Å²) in [5, 5.41) is 9.11. The normalized spacial score (nSPS) is 12.9. The number of H-pyrrole nitrogens is 1. The Balaban J connectivity index is 1.58. The first kappa shape index (κ1) is 20.9. The van der Waals surface area contributed by atoms with Crippen molar-refractivity contribution in [2.24, 2.45) is 0 Å². The van der Waals surface area contributed by atoms with Gasteiger partial charge in [0, 0.05) is 30.4 Å². The molecule has 0 radical (unpaired) electrons. The summed E-state index contributed by atoms with van der Waals surface area (Å²) in [6.07, 6.45) is 1.82. The van der Waals surface area contributed by atoms with Gasteiger partial charge in [-0.15, -0.1) is 5.10 Å². The first-order valence-electron chi connectivity index (χ1n) is 9.43. The maximum atomic E-state index is 13.4. The summed E-state index contributed by atoms with van der Waals surface area (Å²) in [4.78, 5) is 2.58. The number of benzene rings is 2. The van der Waals surface area contributed by atoms with Crippen molar-refractivity contribution in [3.63, 3.8) is 0 Å².